The Balaban J connectivity index is 1.79. The highest BCUT2D eigenvalue weighted by Crippen LogP contribution is 2.31. The molecule has 1 aromatic rings. The number of likely N-dealkylation sites (N-methyl/N-ethyl adjacent to an activating group) is 1. The first-order valence-corrected chi connectivity index (χ1v) is 7.90. The van der Waals surface area contributed by atoms with Gasteiger partial charge in [-0.3, -0.25) is 9.88 Å². The fraction of sp³-hybridized carbons (Fsp3) is 0.688. The third-order valence-corrected chi connectivity index (χ3v) is 4.93. The van der Waals surface area contributed by atoms with Gasteiger partial charge in [0.2, 0.25) is 0 Å². The van der Waals surface area contributed by atoms with Gasteiger partial charge < -0.3 is 10.2 Å². The first kappa shape index (κ1) is 13.8. The van der Waals surface area contributed by atoms with Crippen molar-refractivity contribution in [3.05, 3.63) is 24.0 Å². The number of hydrogen-bond acceptors (Lipinski definition) is 4. The number of nitrogens with zero attached hydrogens (tertiary/aromatic N) is 3. The Morgan fingerprint density at radius 1 is 1.30 bits per heavy atom. The minimum atomic E-state index is 0.725. The van der Waals surface area contributed by atoms with Gasteiger partial charge in [0.1, 0.15) is 0 Å². The average molecular weight is 274 g/mol. The zero-order chi connectivity index (χ0) is 13.9. The molecule has 110 valence electrons. The van der Waals surface area contributed by atoms with Crippen molar-refractivity contribution in [3.8, 4) is 0 Å². The third-order valence-electron chi connectivity index (χ3n) is 4.93. The standard InChI is InChI=1S/C16H26N4/c1-3-17-10-13-11-18-8-6-16(13)20-9-7-14-4-5-15(12-20)19(14)2/h6,8,11,14-15,17H,3-5,7,9-10,12H2,1-2H3. The molecule has 3 rings (SSSR count). The molecule has 2 atom stereocenters. The second-order valence-corrected chi connectivity index (χ2v) is 6.07. The van der Waals surface area contributed by atoms with Gasteiger partial charge in [-0.15, -0.1) is 0 Å². The Labute approximate surface area is 122 Å². The van der Waals surface area contributed by atoms with E-state index in [0.29, 0.717) is 0 Å². The van der Waals surface area contributed by atoms with Crippen molar-refractivity contribution in [1.82, 2.24) is 15.2 Å². The van der Waals surface area contributed by atoms with Crippen molar-refractivity contribution >= 4 is 5.69 Å². The number of fused-ring (bicyclic) bond motifs is 2. The maximum atomic E-state index is 4.30. The molecule has 20 heavy (non-hydrogen) atoms. The molecule has 4 nitrogen and oxygen atoms in total. The molecular formula is C16H26N4. The molecule has 0 saturated carbocycles. The summed E-state index contributed by atoms with van der Waals surface area (Å²) in [5.74, 6) is 0. The minimum absolute atomic E-state index is 0.725. The highest BCUT2D eigenvalue weighted by molar-refractivity contribution is 5.52. The molecule has 0 radical (unpaired) electrons. The molecule has 1 N–H and O–H groups in total. The van der Waals surface area contributed by atoms with Gasteiger partial charge in [0.15, 0.2) is 0 Å². The monoisotopic (exact) mass is 274 g/mol. The van der Waals surface area contributed by atoms with Gasteiger partial charge in [0, 0.05) is 55.4 Å². The quantitative estimate of drug-likeness (QED) is 0.908. The number of aromatic nitrogens is 1. The van der Waals surface area contributed by atoms with Crippen molar-refractivity contribution < 1.29 is 0 Å². The summed E-state index contributed by atoms with van der Waals surface area (Å²) in [6.45, 7) is 6.41. The van der Waals surface area contributed by atoms with Crippen LogP contribution in [-0.2, 0) is 6.54 Å². The van der Waals surface area contributed by atoms with Crippen LogP contribution in [0.5, 0.6) is 0 Å². The van der Waals surface area contributed by atoms with Crippen LogP contribution in [0.15, 0.2) is 18.5 Å². The summed E-state index contributed by atoms with van der Waals surface area (Å²) in [6, 6.07) is 3.71. The Morgan fingerprint density at radius 3 is 3.00 bits per heavy atom. The first-order valence-electron chi connectivity index (χ1n) is 7.90. The molecule has 4 heteroatoms. The normalized spacial score (nSPS) is 26.8. The minimum Gasteiger partial charge on any atom is -0.370 e. The molecule has 3 heterocycles. The average Bonchev–Trinajstić information content (AvgIpc) is 2.71. The summed E-state index contributed by atoms with van der Waals surface area (Å²) >= 11 is 0. The van der Waals surface area contributed by atoms with Gasteiger partial charge in [-0.1, -0.05) is 6.92 Å². The number of rotatable bonds is 4. The Bertz CT molecular complexity index is 448. The molecule has 2 aliphatic heterocycles. The maximum Gasteiger partial charge on any atom is 0.0443 e. The van der Waals surface area contributed by atoms with Crippen molar-refractivity contribution in [2.45, 2.75) is 44.8 Å². The van der Waals surface area contributed by atoms with Crippen LogP contribution in [0.4, 0.5) is 5.69 Å². The molecule has 2 fully saturated rings. The van der Waals surface area contributed by atoms with E-state index in [1.54, 1.807) is 0 Å². The van der Waals surface area contributed by atoms with E-state index in [4.69, 9.17) is 0 Å². The molecule has 2 unspecified atom stereocenters. The highest BCUT2D eigenvalue weighted by atomic mass is 15.3. The molecule has 0 amide bonds. The van der Waals surface area contributed by atoms with Gasteiger partial charge in [-0.25, -0.2) is 0 Å². The Hall–Kier alpha value is -1.13. The zero-order valence-electron chi connectivity index (χ0n) is 12.7. The molecule has 0 aromatic carbocycles. The summed E-state index contributed by atoms with van der Waals surface area (Å²) in [6.07, 6.45) is 7.97. The molecule has 2 aliphatic rings. The highest BCUT2D eigenvalue weighted by Gasteiger charge is 2.34. The van der Waals surface area contributed by atoms with E-state index < -0.39 is 0 Å². The first-order chi connectivity index (χ1) is 9.79. The van der Waals surface area contributed by atoms with E-state index in [1.165, 1.54) is 37.1 Å². The fourth-order valence-corrected chi connectivity index (χ4v) is 3.65. The van der Waals surface area contributed by atoms with Crippen LogP contribution >= 0.6 is 0 Å². The molecule has 2 bridgehead atoms. The van der Waals surface area contributed by atoms with Crippen molar-refractivity contribution in [1.29, 1.82) is 0 Å². The number of anilines is 1. The van der Waals surface area contributed by atoms with Gasteiger partial charge >= 0.3 is 0 Å². The summed E-state index contributed by atoms with van der Waals surface area (Å²) in [4.78, 5) is 9.48. The van der Waals surface area contributed by atoms with Crippen LogP contribution in [-0.4, -0.2) is 48.6 Å². The predicted octanol–water partition coefficient (Wildman–Crippen LogP) is 1.86. The second-order valence-electron chi connectivity index (χ2n) is 6.07. The van der Waals surface area contributed by atoms with E-state index >= 15 is 0 Å². The summed E-state index contributed by atoms with van der Waals surface area (Å²) in [5, 5.41) is 3.43. The molecule has 2 saturated heterocycles. The SMILES string of the molecule is CCNCc1cnccc1N1CCC2CCC(C1)N2C. The Kier molecular flexibility index (Phi) is 4.22. The molecular weight excluding hydrogens is 248 g/mol. The third kappa shape index (κ3) is 2.67. The zero-order valence-corrected chi connectivity index (χ0v) is 12.7. The lowest BCUT2D eigenvalue weighted by molar-refractivity contribution is 0.254. The fourth-order valence-electron chi connectivity index (χ4n) is 3.65. The predicted molar refractivity (Wildman–Crippen MR) is 83.0 cm³/mol. The number of nitrogens with one attached hydrogen (secondary N) is 1. The van der Waals surface area contributed by atoms with E-state index in [9.17, 15) is 0 Å². The Morgan fingerprint density at radius 2 is 2.15 bits per heavy atom. The van der Waals surface area contributed by atoms with E-state index in [-0.39, 0.29) is 0 Å². The summed E-state index contributed by atoms with van der Waals surface area (Å²) in [5.41, 5.74) is 2.71. The largest absolute Gasteiger partial charge is 0.370 e. The van der Waals surface area contributed by atoms with E-state index in [1.807, 2.05) is 12.4 Å². The topological polar surface area (TPSA) is 31.4 Å². The van der Waals surface area contributed by atoms with Crippen molar-refractivity contribution in [2.24, 2.45) is 0 Å². The molecule has 0 aliphatic carbocycles. The smallest absolute Gasteiger partial charge is 0.0443 e. The second kappa shape index (κ2) is 6.10. The van der Waals surface area contributed by atoms with Gasteiger partial charge in [0.25, 0.3) is 0 Å². The van der Waals surface area contributed by atoms with Crippen molar-refractivity contribution in [3.63, 3.8) is 0 Å². The van der Waals surface area contributed by atoms with Crippen molar-refractivity contribution in [2.75, 3.05) is 31.6 Å². The lowest BCUT2D eigenvalue weighted by Gasteiger charge is -2.29. The van der Waals surface area contributed by atoms with Crippen LogP contribution in [0, 0.1) is 0 Å². The van der Waals surface area contributed by atoms with Gasteiger partial charge in [-0.2, -0.15) is 0 Å². The van der Waals surface area contributed by atoms with Gasteiger partial charge in [-0.05, 0) is 38.9 Å². The van der Waals surface area contributed by atoms with E-state index in [0.717, 1.165) is 31.7 Å². The lowest BCUT2D eigenvalue weighted by atomic mass is 10.1. The van der Waals surface area contributed by atoms with E-state index in [2.05, 4.69) is 40.1 Å². The molecule has 1 aromatic heterocycles. The van der Waals surface area contributed by atoms with Gasteiger partial charge in [0.05, 0.1) is 0 Å². The molecule has 0 spiro atoms. The number of pyridine rings is 1. The maximum absolute atomic E-state index is 4.30. The van der Waals surface area contributed by atoms with Crippen LogP contribution in [0.3, 0.4) is 0 Å². The number of hydrogen-bond donors (Lipinski definition) is 1. The van der Waals surface area contributed by atoms with Crippen LogP contribution in [0.2, 0.25) is 0 Å². The summed E-state index contributed by atoms with van der Waals surface area (Å²) < 4.78 is 0. The lowest BCUT2D eigenvalue weighted by Crippen LogP contribution is -2.37. The van der Waals surface area contributed by atoms with Crippen LogP contribution in [0.25, 0.3) is 0 Å². The van der Waals surface area contributed by atoms with Crippen LogP contribution in [0.1, 0.15) is 31.7 Å². The van der Waals surface area contributed by atoms with Crippen LogP contribution < -0.4 is 10.2 Å². The summed E-state index contributed by atoms with van der Waals surface area (Å²) in [7, 11) is 2.30.